The molecule has 0 saturated carbocycles. The van der Waals surface area contributed by atoms with Gasteiger partial charge in [0.15, 0.2) is 5.69 Å². The van der Waals surface area contributed by atoms with E-state index in [2.05, 4.69) is 43.4 Å². The number of H-pyrrole nitrogens is 1. The van der Waals surface area contributed by atoms with Gasteiger partial charge in [-0.2, -0.15) is 0 Å². The highest BCUT2D eigenvalue weighted by atomic mass is 79.9. The number of fused-ring (bicyclic) bond motifs is 1. The number of rotatable bonds is 1. The van der Waals surface area contributed by atoms with Gasteiger partial charge in [-0.1, -0.05) is 15.9 Å². The lowest BCUT2D eigenvalue weighted by atomic mass is 10.1. The summed E-state index contributed by atoms with van der Waals surface area (Å²) in [5.41, 5.74) is 7.36. The fourth-order valence-electron chi connectivity index (χ4n) is 1.60. The minimum Gasteiger partial charge on any atom is -0.493 e. The van der Waals surface area contributed by atoms with Crippen LogP contribution in [-0.2, 0) is 0 Å². The van der Waals surface area contributed by atoms with Crippen molar-refractivity contribution in [2.24, 2.45) is 16.0 Å². The fourth-order valence-corrected chi connectivity index (χ4v) is 2.21. The number of nitrogens with two attached hydrogens (primary N) is 1. The Bertz CT molecular complexity index is 635. The average Bonchev–Trinajstić information content (AvgIpc) is 2.52. The van der Waals surface area contributed by atoms with Gasteiger partial charge in [-0.3, -0.25) is 0 Å². The van der Waals surface area contributed by atoms with Gasteiger partial charge in [0.2, 0.25) is 11.0 Å². The molecular weight excluding hydrogens is 304 g/mol. The first kappa shape index (κ1) is 12.0. The zero-order chi connectivity index (χ0) is 12.6. The molecule has 4 N–H and O–H groups in total. The van der Waals surface area contributed by atoms with Gasteiger partial charge in [0.25, 0.3) is 0 Å². The second-order valence-electron chi connectivity index (χ2n) is 3.51. The quantitative estimate of drug-likeness (QED) is 0.558. The number of aromatic hydroxyl groups is 1. The van der Waals surface area contributed by atoms with E-state index >= 15 is 0 Å². The van der Waals surface area contributed by atoms with E-state index in [0.717, 1.165) is 20.9 Å². The third kappa shape index (κ3) is 2.29. The number of nitrogens with one attached hydrogen (secondary N) is 1. The van der Waals surface area contributed by atoms with Crippen LogP contribution in [0.3, 0.4) is 0 Å². The van der Waals surface area contributed by atoms with E-state index in [1.165, 1.54) is 0 Å². The van der Waals surface area contributed by atoms with Gasteiger partial charge in [-0.05, 0) is 36.8 Å². The topological polar surface area (TPSA) is 86.8 Å². The third-order valence-electron chi connectivity index (χ3n) is 2.27. The molecule has 0 atom stereocenters. The van der Waals surface area contributed by atoms with Gasteiger partial charge in [-0.25, -0.2) is 0 Å². The first-order valence-electron chi connectivity index (χ1n) is 4.71. The van der Waals surface area contributed by atoms with Crippen molar-refractivity contribution in [3.05, 3.63) is 22.2 Å². The van der Waals surface area contributed by atoms with E-state index in [9.17, 15) is 5.11 Å². The molecule has 0 aliphatic heterocycles. The molecule has 0 bridgehead atoms. The summed E-state index contributed by atoms with van der Waals surface area (Å²) in [6.07, 6.45) is 0. The summed E-state index contributed by atoms with van der Waals surface area (Å²) in [4.78, 5) is 2.84. The molecule has 2 rings (SSSR count). The van der Waals surface area contributed by atoms with Crippen LogP contribution in [0.15, 0.2) is 26.8 Å². The molecule has 1 aromatic carbocycles. The Balaban J connectivity index is 2.70. The zero-order valence-corrected chi connectivity index (χ0v) is 11.3. The Morgan fingerprint density at radius 3 is 2.88 bits per heavy atom. The SMILES string of the molecule is Cc1cc(Br)cc2c(N=NC(N)=S)c(O)[nH]c12. The van der Waals surface area contributed by atoms with Gasteiger partial charge in [0, 0.05) is 9.86 Å². The predicted octanol–water partition coefficient (Wildman–Crippen LogP) is 3.27. The number of azo groups is 1. The molecule has 1 heterocycles. The van der Waals surface area contributed by atoms with Crippen molar-refractivity contribution in [2.75, 3.05) is 0 Å². The molecule has 0 fully saturated rings. The maximum atomic E-state index is 9.75. The van der Waals surface area contributed by atoms with E-state index in [1.54, 1.807) is 0 Å². The molecule has 2 aromatic rings. The molecular formula is C10H9BrN4OS. The normalized spacial score (nSPS) is 11.4. The maximum absolute atomic E-state index is 9.75. The Labute approximate surface area is 111 Å². The smallest absolute Gasteiger partial charge is 0.218 e. The highest BCUT2D eigenvalue weighted by Crippen LogP contribution is 2.38. The second kappa shape index (κ2) is 4.42. The maximum Gasteiger partial charge on any atom is 0.218 e. The van der Waals surface area contributed by atoms with E-state index in [1.807, 2.05) is 19.1 Å². The molecule has 0 saturated heterocycles. The molecule has 0 unspecified atom stereocenters. The van der Waals surface area contributed by atoms with Crippen molar-refractivity contribution in [1.82, 2.24) is 4.98 Å². The lowest BCUT2D eigenvalue weighted by molar-refractivity contribution is 0.459. The second-order valence-corrected chi connectivity index (χ2v) is 4.84. The molecule has 0 aliphatic carbocycles. The number of hydrogen-bond donors (Lipinski definition) is 3. The third-order valence-corrected chi connectivity index (χ3v) is 2.81. The van der Waals surface area contributed by atoms with Crippen LogP contribution in [0.25, 0.3) is 10.9 Å². The van der Waals surface area contributed by atoms with E-state index < -0.39 is 0 Å². The fraction of sp³-hybridized carbons (Fsp3) is 0.100. The number of hydrogen-bond acceptors (Lipinski definition) is 3. The Kier molecular flexibility index (Phi) is 3.12. The summed E-state index contributed by atoms with van der Waals surface area (Å²) < 4.78 is 0.897. The van der Waals surface area contributed by atoms with Crippen LogP contribution in [0.4, 0.5) is 5.69 Å². The van der Waals surface area contributed by atoms with Crippen molar-refractivity contribution in [2.45, 2.75) is 6.92 Å². The molecule has 0 spiro atoms. The Morgan fingerprint density at radius 1 is 1.53 bits per heavy atom. The molecule has 17 heavy (non-hydrogen) atoms. The summed E-state index contributed by atoms with van der Waals surface area (Å²) in [5.74, 6) is -0.0544. The van der Waals surface area contributed by atoms with Crippen molar-refractivity contribution in [3.63, 3.8) is 0 Å². The summed E-state index contributed by atoms with van der Waals surface area (Å²) in [6, 6.07) is 3.78. The van der Waals surface area contributed by atoms with Crippen LogP contribution in [0.2, 0.25) is 0 Å². The molecule has 0 radical (unpaired) electrons. The summed E-state index contributed by atoms with van der Waals surface area (Å²) >= 11 is 7.99. The Morgan fingerprint density at radius 2 is 2.24 bits per heavy atom. The minimum absolute atomic E-state index is 0.0544. The summed E-state index contributed by atoms with van der Waals surface area (Å²) in [7, 11) is 0. The molecule has 5 nitrogen and oxygen atoms in total. The molecule has 88 valence electrons. The van der Waals surface area contributed by atoms with Crippen LogP contribution in [0.1, 0.15) is 5.56 Å². The van der Waals surface area contributed by atoms with Gasteiger partial charge in [0.05, 0.1) is 5.52 Å². The monoisotopic (exact) mass is 312 g/mol. The van der Waals surface area contributed by atoms with Crippen molar-refractivity contribution < 1.29 is 5.11 Å². The number of aromatic amines is 1. The van der Waals surface area contributed by atoms with E-state index in [0.29, 0.717) is 5.69 Å². The Hall–Kier alpha value is -1.47. The molecule has 0 amide bonds. The average molecular weight is 313 g/mol. The number of benzene rings is 1. The van der Waals surface area contributed by atoms with Crippen molar-refractivity contribution in [3.8, 4) is 5.88 Å². The van der Waals surface area contributed by atoms with E-state index in [-0.39, 0.29) is 11.0 Å². The van der Waals surface area contributed by atoms with Gasteiger partial charge in [-0.15, -0.1) is 10.2 Å². The zero-order valence-electron chi connectivity index (χ0n) is 8.86. The summed E-state index contributed by atoms with van der Waals surface area (Å²) in [6.45, 7) is 1.93. The highest BCUT2D eigenvalue weighted by Gasteiger charge is 2.12. The largest absolute Gasteiger partial charge is 0.493 e. The lowest BCUT2D eigenvalue weighted by Gasteiger charge is -1.97. The van der Waals surface area contributed by atoms with Crippen LogP contribution >= 0.6 is 28.1 Å². The predicted molar refractivity (Wildman–Crippen MR) is 73.7 cm³/mol. The molecule has 0 aliphatic rings. The molecule has 7 heteroatoms. The van der Waals surface area contributed by atoms with Crippen LogP contribution in [0.5, 0.6) is 5.88 Å². The van der Waals surface area contributed by atoms with Crippen LogP contribution < -0.4 is 5.73 Å². The number of aromatic nitrogens is 1. The number of aryl methyl sites for hydroxylation is 1. The van der Waals surface area contributed by atoms with Gasteiger partial charge in [0.1, 0.15) is 0 Å². The number of thiocarbonyl (C=S) groups is 1. The molecule has 1 aromatic heterocycles. The van der Waals surface area contributed by atoms with Gasteiger partial charge >= 0.3 is 0 Å². The summed E-state index contributed by atoms with van der Waals surface area (Å²) in [5, 5.41) is 17.8. The first-order chi connectivity index (χ1) is 7.99. The van der Waals surface area contributed by atoms with Gasteiger partial charge < -0.3 is 15.8 Å². The highest BCUT2D eigenvalue weighted by molar-refractivity contribution is 9.10. The minimum atomic E-state index is -0.0783. The first-order valence-corrected chi connectivity index (χ1v) is 5.91. The standard InChI is InChI=1S/C10H9BrN4OS/c1-4-2-5(11)3-6-7(4)13-9(16)8(6)14-15-10(12)17/h2-3,13,16H,1H3,(H2,12,17). The van der Waals surface area contributed by atoms with Crippen LogP contribution in [0, 0.1) is 6.92 Å². The number of halogens is 1. The van der Waals surface area contributed by atoms with Crippen LogP contribution in [-0.4, -0.2) is 15.2 Å². The lowest BCUT2D eigenvalue weighted by Crippen LogP contribution is -2.01. The number of nitrogens with zero attached hydrogens (tertiary/aromatic N) is 2. The van der Waals surface area contributed by atoms with Crippen molar-refractivity contribution >= 4 is 49.9 Å². The van der Waals surface area contributed by atoms with Crippen molar-refractivity contribution in [1.29, 1.82) is 0 Å². The van der Waals surface area contributed by atoms with E-state index in [4.69, 9.17) is 5.73 Å².